The Labute approximate surface area is 268 Å². The number of nitrogens with zero attached hydrogens (tertiary/aromatic N) is 3. The number of hydrogen-bond donors (Lipinski definition) is 0. The SMILES string of the molecule is c1ccc(-c2cc(-c3cc(-c4cccc(-c5cccc(-c6cccnc6)c5)c4)c4ccccc4c3)nc(-c3ccccc3)n2)cc1. The van der Waals surface area contributed by atoms with Gasteiger partial charge in [0.25, 0.3) is 0 Å². The van der Waals surface area contributed by atoms with Gasteiger partial charge < -0.3 is 0 Å². The van der Waals surface area contributed by atoms with Gasteiger partial charge in [0.2, 0.25) is 0 Å². The van der Waals surface area contributed by atoms with E-state index >= 15 is 0 Å². The van der Waals surface area contributed by atoms with E-state index in [0.29, 0.717) is 5.82 Å². The van der Waals surface area contributed by atoms with Gasteiger partial charge in [0, 0.05) is 34.6 Å². The lowest BCUT2D eigenvalue weighted by Gasteiger charge is -2.14. The van der Waals surface area contributed by atoms with E-state index in [-0.39, 0.29) is 0 Å². The zero-order valence-electron chi connectivity index (χ0n) is 25.1. The zero-order valence-corrected chi connectivity index (χ0v) is 25.1. The smallest absolute Gasteiger partial charge is 0.160 e. The second kappa shape index (κ2) is 12.1. The molecular formula is C43H29N3. The van der Waals surface area contributed by atoms with Crippen molar-refractivity contribution in [1.29, 1.82) is 0 Å². The first-order chi connectivity index (χ1) is 22.8. The van der Waals surface area contributed by atoms with Crippen molar-refractivity contribution in [3.63, 3.8) is 0 Å². The molecule has 0 radical (unpaired) electrons. The van der Waals surface area contributed by atoms with Crippen LogP contribution in [0, 0.1) is 0 Å². The van der Waals surface area contributed by atoms with Gasteiger partial charge in [-0.3, -0.25) is 4.98 Å². The van der Waals surface area contributed by atoms with Gasteiger partial charge in [-0.15, -0.1) is 0 Å². The van der Waals surface area contributed by atoms with Crippen molar-refractivity contribution in [2.24, 2.45) is 0 Å². The van der Waals surface area contributed by atoms with Crippen LogP contribution in [0.1, 0.15) is 0 Å². The topological polar surface area (TPSA) is 38.7 Å². The highest BCUT2D eigenvalue weighted by atomic mass is 14.9. The lowest BCUT2D eigenvalue weighted by molar-refractivity contribution is 1.18. The number of pyridine rings is 1. The fourth-order valence-electron chi connectivity index (χ4n) is 6.04. The molecule has 0 spiro atoms. The summed E-state index contributed by atoms with van der Waals surface area (Å²) in [5.41, 5.74) is 11.8. The Morgan fingerprint density at radius 3 is 1.63 bits per heavy atom. The lowest BCUT2D eigenvalue weighted by Crippen LogP contribution is -1.96. The number of aromatic nitrogens is 3. The molecular weight excluding hydrogens is 558 g/mol. The molecule has 2 heterocycles. The predicted octanol–water partition coefficient (Wildman–Crippen LogP) is 11.0. The van der Waals surface area contributed by atoms with Crippen molar-refractivity contribution >= 4 is 10.8 Å². The lowest BCUT2D eigenvalue weighted by atomic mass is 9.92. The van der Waals surface area contributed by atoms with E-state index in [1.807, 2.05) is 54.9 Å². The molecule has 8 rings (SSSR count). The van der Waals surface area contributed by atoms with E-state index in [2.05, 4.69) is 126 Å². The average molecular weight is 588 g/mol. The van der Waals surface area contributed by atoms with Gasteiger partial charge in [-0.25, -0.2) is 9.97 Å². The van der Waals surface area contributed by atoms with E-state index < -0.39 is 0 Å². The van der Waals surface area contributed by atoms with Crippen LogP contribution in [-0.4, -0.2) is 15.0 Å². The average Bonchev–Trinajstić information content (AvgIpc) is 3.15. The molecule has 3 nitrogen and oxygen atoms in total. The Morgan fingerprint density at radius 1 is 0.348 bits per heavy atom. The Balaban J connectivity index is 1.28. The summed E-state index contributed by atoms with van der Waals surface area (Å²) >= 11 is 0. The van der Waals surface area contributed by atoms with Gasteiger partial charge in [0.15, 0.2) is 5.82 Å². The molecule has 0 bridgehead atoms. The van der Waals surface area contributed by atoms with Crippen molar-refractivity contribution < 1.29 is 0 Å². The van der Waals surface area contributed by atoms with Crippen LogP contribution in [0.4, 0.5) is 0 Å². The van der Waals surface area contributed by atoms with E-state index in [4.69, 9.17) is 9.97 Å². The van der Waals surface area contributed by atoms with Gasteiger partial charge in [-0.2, -0.15) is 0 Å². The minimum absolute atomic E-state index is 0.710. The maximum atomic E-state index is 5.13. The van der Waals surface area contributed by atoms with Crippen molar-refractivity contribution in [2.45, 2.75) is 0 Å². The Hall–Kier alpha value is -6.19. The third-order valence-corrected chi connectivity index (χ3v) is 8.35. The minimum Gasteiger partial charge on any atom is -0.264 e. The molecule has 2 aromatic heterocycles. The van der Waals surface area contributed by atoms with E-state index in [0.717, 1.165) is 50.3 Å². The van der Waals surface area contributed by atoms with Gasteiger partial charge in [0.1, 0.15) is 0 Å². The van der Waals surface area contributed by atoms with Crippen molar-refractivity contribution in [3.8, 4) is 67.3 Å². The first-order valence-electron chi connectivity index (χ1n) is 15.4. The quantitative estimate of drug-likeness (QED) is 0.194. The number of fused-ring (bicyclic) bond motifs is 1. The van der Waals surface area contributed by atoms with E-state index in [9.17, 15) is 0 Å². The largest absolute Gasteiger partial charge is 0.264 e. The van der Waals surface area contributed by atoms with Crippen LogP contribution >= 0.6 is 0 Å². The molecule has 6 aromatic carbocycles. The Morgan fingerprint density at radius 2 is 0.913 bits per heavy atom. The molecule has 0 saturated carbocycles. The molecule has 0 aliphatic carbocycles. The highest BCUT2D eigenvalue weighted by Gasteiger charge is 2.14. The van der Waals surface area contributed by atoms with E-state index in [1.165, 1.54) is 21.9 Å². The second-order valence-electron chi connectivity index (χ2n) is 11.3. The summed E-state index contributed by atoms with van der Waals surface area (Å²) in [6.45, 7) is 0. The number of rotatable bonds is 6. The first kappa shape index (κ1) is 27.4. The van der Waals surface area contributed by atoms with Crippen LogP contribution in [0.3, 0.4) is 0 Å². The fraction of sp³-hybridized carbons (Fsp3) is 0. The third kappa shape index (κ3) is 5.47. The highest BCUT2D eigenvalue weighted by Crippen LogP contribution is 2.37. The summed E-state index contributed by atoms with van der Waals surface area (Å²) in [6, 6.07) is 57.3. The van der Waals surface area contributed by atoms with Crippen LogP contribution in [0.5, 0.6) is 0 Å². The molecule has 0 unspecified atom stereocenters. The molecule has 0 aliphatic heterocycles. The molecule has 0 fully saturated rings. The first-order valence-corrected chi connectivity index (χ1v) is 15.4. The van der Waals surface area contributed by atoms with Crippen molar-refractivity contribution in [1.82, 2.24) is 15.0 Å². The van der Waals surface area contributed by atoms with E-state index in [1.54, 1.807) is 0 Å². The zero-order chi connectivity index (χ0) is 30.7. The molecule has 8 aromatic rings. The summed E-state index contributed by atoms with van der Waals surface area (Å²) in [6.07, 6.45) is 3.72. The van der Waals surface area contributed by atoms with Crippen molar-refractivity contribution in [2.75, 3.05) is 0 Å². The van der Waals surface area contributed by atoms with Gasteiger partial charge >= 0.3 is 0 Å². The van der Waals surface area contributed by atoms with Gasteiger partial charge in [-0.1, -0.05) is 127 Å². The molecule has 0 aliphatic rings. The Bertz CT molecular complexity index is 2240. The standard InChI is InChI=1S/C43H29N3/c1-3-12-30(13-4-1)41-28-42(46-43(45-41)31-14-5-2-6-15-31)38-26-35-16-7-8-22-39(35)40(27-38)36-20-10-18-33(25-36)32-17-9-19-34(24-32)37-21-11-23-44-29-37/h1-29H. The highest BCUT2D eigenvalue weighted by molar-refractivity contribution is 6.00. The normalized spacial score (nSPS) is 11.0. The van der Waals surface area contributed by atoms with Crippen molar-refractivity contribution in [3.05, 3.63) is 176 Å². The second-order valence-corrected chi connectivity index (χ2v) is 11.3. The van der Waals surface area contributed by atoms with Gasteiger partial charge in [0.05, 0.1) is 11.4 Å². The minimum atomic E-state index is 0.710. The molecule has 3 heteroatoms. The maximum Gasteiger partial charge on any atom is 0.160 e. The maximum absolute atomic E-state index is 5.13. The third-order valence-electron chi connectivity index (χ3n) is 8.35. The predicted molar refractivity (Wildman–Crippen MR) is 190 cm³/mol. The molecule has 0 N–H and O–H groups in total. The number of hydrogen-bond acceptors (Lipinski definition) is 3. The summed E-state index contributed by atoms with van der Waals surface area (Å²) in [5, 5.41) is 2.37. The molecule has 216 valence electrons. The van der Waals surface area contributed by atoms with Gasteiger partial charge in [-0.05, 0) is 75.0 Å². The van der Waals surface area contributed by atoms with Crippen LogP contribution in [0.25, 0.3) is 78.1 Å². The molecule has 0 atom stereocenters. The van der Waals surface area contributed by atoms with Crippen LogP contribution in [-0.2, 0) is 0 Å². The van der Waals surface area contributed by atoms with Crippen LogP contribution in [0.15, 0.2) is 176 Å². The summed E-state index contributed by atoms with van der Waals surface area (Å²) in [4.78, 5) is 14.4. The summed E-state index contributed by atoms with van der Waals surface area (Å²) in [5.74, 6) is 0.710. The molecule has 0 saturated heterocycles. The fourth-order valence-corrected chi connectivity index (χ4v) is 6.04. The molecule has 46 heavy (non-hydrogen) atoms. The number of benzene rings is 6. The molecule has 0 amide bonds. The summed E-state index contributed by atoms with van der Waals surface area (Å²) in [7, 11) is 0. The summed E-state index contributed by atoms with van der Waals surface area (Å²) < 4.78 is 0. The van der Waals surface area contributed by atoms with Crippen LogP contribution in [0.2, 0.25) is 0 Å². The monoisotopic (exact) mass is 587 g/mol. The van der Waals surface area contributed by atoms with Crippen LogP contribution < -0.4 is 0 Å². The Kier molecular flexibility index (Phi) is 7.18.